The van der Waals surface area contributed by atoms with Crippen LogP contribution >= 0.6 is 23.2 Å². The maximum absolute atomic E-state index is 12.8. The van der Waals surface area contributed by atoms with Gasteiger partial charge in [-0.2, -0.15) is 4.68 Å². The van der Waals surface area contributed by atoms with Crippen LogP contribution in [0.25, 0.3) is 11.3 Å². The van der Waals surface area contributed by atoms with Crippen molar-refractivity contribution in [2.24, 2.45) is 0 Å². The van der Waals surface area contributed by atoms with Crippen molar-refractivity contribution in [2.45, 2.75) is 26.9 Å². The molecule has 0 bridgehead atoms. The minimum atomic E-state index is -1.35. The molecule has 0 atom stereocenters. The summed E-state index contributed by atoms with van der Waals surface area (Å²) in [5, 5.41) is 14.5. The van der Waals surface area contributed by atoms with Crippen molar-refractivity contribution in [3.05, 3.63) is 72.5 Å². The third-order valence-electron chi connectivity index (χ3n) is 4.75. The molecular weight excluding hydrogens is 447 g/mol. The lowest BCUT2D eigenvalue weighted by Crippen LogP contribution is -2.24. The molecule has 162 valence electrons. The second kappa shape index (κ2) is 8.91. The van der Waals surface area contributed by atoms with Gasteiger partial charge in [-0.05, 0) is 30.9 Å². The summed E-state index contributed by atoms with van der Waals surface area (Å²) < 4.78 is 3.23. The van der Waals surface area contributed by atoms with Crippen LogP contribution in [0.3, 0.4) is 0 Å². The number of aryl methyl sites for hydroxylation is 1. The topological polar surface area (TPSA) is 106 Å². The van der Waals surface area contributed by atoms with Crippen LogP contribution < -0.4 is 5.43 Å². The molecule has 0 saturated carbocycles. The number of halogens is 2. The Hall–Kier alpha value is -3.17. The number of rotatable bonds is 7. The number of carbonyl (C=O) groups is 1. The van der Waals surface area contributed by atoms with Gasteiger partial charge in [-0.3, -0.25) is 4.79 Å². The van der Waals surface area contributed by atoms with Crippen LogP contribution in [0.5, 0.6) is 0 Å². The number of hydrogen-bond acceptors (Lipinski definition) is 5. The summed E-state index contributed by atoms with van der Waals surface area (Å²) in [6, 6.07) is 7.47. The number of pyridine rings is 1. The first-order valence-electron chi connectivity index (χ1n) is 9.19. The maximum Gasteiger partial charge on any atom is 0.434 e. The first kappa shape index (κ1) is 22.5. The normalized spacial score (nSPS) is 10.9. The summed E-state index contributed by atoms with van der Waals surface area (Å²) >= 11 is 12.1. The molecule has 31 heavy (non-hydrogen) atoms. The fourth-order valence-corrected chi connectivity index (χ4v) is 3.63. The van der Waals surface area contributed by atoms with Crippen LogP contribution in [0.2, 0.25) is 10.0 Å². The zero-order chi connectivity index (χ0) is 22.9. The van der Waals surface area contributed by atoms with Gasteiger partial charge in [-0.15, -0.1) is 0 Å². The molecule has 0 spiro atoms. The first-order chi connectivity index (χ1) is 14.7. The highest BCUT2D eigenvalue weighted by Gasteiger charge is 2.25. The van der Waals surface area contributed by atoms with E-state index in [1.54, 1.807) is 23.6 Å². The number of carboxylic acid groups (broad SMARTS) is 1. The van der Waals surface area contributed by atoms with Crippen molar-refractivity contribution in [3.63, 3.8) is 0 Å². The fraction of sp³-hybridized carbons (Fsp3) is 0.250. The molecular formula is C20H19Cl2N4O5+. The monoisotopic (exact) mass is 465 g/mol. The van der Waals surface area contributed by atoms with E-state index in [-0.39, 0.29) is 33.6 Å². The van der Waals surface area contributed by atoms with Crippen LogP contribution in [0, 0.1) is 11.8 Å². The molecule has 1 N–H and O–H groups in total. The van der Waals surface area contributed by atoms with E-state index in [1.807, 2.05) is 6.92 Å². The smallest absolute Gasteiger partial charge is 0.434 e. The quantitative estimate of drug-likeness (QED) is 0.527. The van der Waals surface area contributed by atoms with E-state index in [9.17, 15) is 19.6 Å². The predicted molar refractivity (Wildman–Crippen MR) is 115 cm³/mol. The molecule has 0 amide bonds. The highest BCUT2D eigenvalue weighted by atomic mass is 35.5. The van der Waals surface area contributed by atoms with Crippen LogP contribution in [-0.4, -0.2) is 37.5 Å². The Morgan fingerprint density at radius 2 is 1.94 bits per heavy atom. The summed E-state index contributed by atoms with van der Waals surface area (Å²) in [7, 11) is 1.23. The fourth-order valence-electron chi connectivity index (χ4n) is 3.33. The molecule has 2 heterocycles. The lowest BCUT2D eigenvalue weighted by molar-refractivity contribution is -0.739. The Balaban J connectivity index is 2.23. The van der Waals surface area contributed by atoms with Gasteiger partial charge in [0, 0.05) is 23.9 Å². The van der Waals surface area contributed by atoms with E-state index in [4.69, 9.17) is 23.2 Å². The molecule has 3 rings (SSSR count). The molecule has 0 unspecified atom stereocenters. The molecule has 0 aliphatic rings. The summed E-state index contributed by atoms with van der Waals surface area (Å²) in [4.78, 5) is 41.3. The van der Waals surface area contributed by atoms with E-state index in [0.29, 0.717) is 28.5 Å². The van der Waals surface area contributed by atoms with Crippen molar-refractivity contribution < 1.29 is 19.7 Å². The van der Waals surface area contributed by atoms with E-state index in [2.05, 4.69) is 9.94 Å². The van der Waals surface area contributed by atoms with Gasteiger partial charge in [0.25, 0.3) is 0 Å². The lowest BCUT2D eigenvalue weighted by Gasteiger charge is -2.19. The van der Waals surface area contributed by atoms with Gasteiger partial charge in [0.1, 0.15) is 19.2 Å². The molecule has 0 radical (unpaired) electrons. The number of nitrogens with zero attached hydrogens (tertiary/aromatic N) is 4. The SMILES string of the molecule is CCn1c(Cn2nc([N+](=O)OC)cc2C)cc(=O)c(C(=O)O)c1-c1ccc(Cl)c(Cl)c1. The highest BCUT2D eigenvalue weighted by molar-refractivity contribution is 6.42. The molecule has 0 aliphatic carbocycles. The summed E-state index contributed by atoms with van der Waals surface area (Å²) in [6.07, 6.45) is 0. The van der Waals surface area contributed by atoms with Gasteiger partial charge in [-0.1, -0.05) is 29.3 Å². The number of aromatic carboxylic acids is 1. The Morgan fingerprint density at radius 3 is 2.52 bits per heavy atom. The van der Waals surface area contributed by atoms with Crippen molar-refractivity contribution in [2.75, 3.05) is 7.11 Å². The minimum Gasteiger partial charge on any atom is -0.477 e. The standard InChI is InChI=1S/C20H18Cl2N4O5/c1-4-24-13(10-25-11(2)7-17(23-25)26(30)31-3)9-16(27)18(20(28)29)19(24)12-5-6-14(21)15(22)8-12/h5-9H,4,10H2,1-3H3/p+1. The summed E-state index contributed by atoms with van der Waals surface area (Å²) in [6.45, 7) is 4.07. The molecule has 9 nitrogen and oxygen atoms in total. The number of benzene rings is 1. The number of carboxylic acids is 1. The molecule has 0 saturated heterocycles. The zero-order valence-corrected chi connectivity index (χ0v) is 18.4. The van der Waals surface area contributed by atoms with Gasteiger partial charge in [-0.25, -0.2) is 4.79 Å². The number of aromatic nitrogens is 3. The van der Waals surface area contributed by atoms with Crippen molar-refractivity contribution in [3.8, 4) is 11.3 Å². The molecule has 1 aromatic carbocycles. The Kier molecular flexibility index (Phi) is 6.47. The molecule has 3 aromatic rings. The Bertz CT molecular complexity index is 1250. The van der Waals surface area contributed by atoms with Crippen LogP contribution in [0.15, 0.2) is 35.1 Å². The lowest BCUT2D eigenvalue weighted by atomic mass is 10.0. The average molecular weight is 466 g/mol. The van der Waals surface area contributed by atoms with Gasteiger partial charge in [0.15, 0.2) is 10.4 Å². The highest BCUT2D eigenvalue weighted by Crippen LogP contribution is 2.31. The van der Waals surface area contributed by atoms with Crippen molar-refractivity contribution >= 4 is 35.0 Å². The molecule has 2 aromatic heterocycles. The largest absolute Gasteiger partial charge is 0.477 e. The third-order valence-corrected chi connectivity index (χ3v) is 5.49. The van der Waals surface area contributed by atoms with Crippen molar-refractivity contribution in [1.82, 2.24) is 14.3 Å². The Morgan fingerprint density at radius 1 is 1.23 bits per heavy atom. The minimum absolute atomic E-state index is 0.0530. The van der Waals surface area contributed by atoms with Crippen LogP contribution in [-0.2, 0) is 17.9 Å². The molecule has 0 aliphatic heterocycles. The molecule has 11 heteroatoms. The van der Waals surface area contributed by atoms with Gasteiger partial charge < -0.3 is 14.5 Å². The Labute approximate surface area is 186 Å². The predicted octanol–water partition coefficient (Wildman–Crippen LogP) is 4.07. The molecule has 0 fully saturated rings. The van der Waals surface area contributed by atoms with Crippen LogP contribution in [0.4, 0.5) is 5.82 Å². The average Bonchev–Trinajstić information content (AvgIpc) is 3.09. The summed E-state index contributed by atoms with van der Waals surface area (Å²) in [5.74, 6) is -1.29. The third kappa shape index (κ3) is 4.33. The van der Waals surface area contributed by atoms with E-state index >= 15 is 0 Å². The van der Waals surface area contributed by atoms with E-state index < -0.39 is 11.4 Å². The summed E-state index contributed by atoms with van der Waals surface area (Å²) in [5.41, 5.74) is 0.791. The second-order valence-electron chi connectivity index (χ2n) is 6.64. The van der Waals surface area contributed by atoms with Gasteiger partial charge in [0.2, 0.25) is 0 Å². The van der Waals surface area contributed by atoms with Gasteiger partial charge in [0.05, 0.1) is 32.6 Å². The van der Waals surface area contributed by atoms with Crippen molar-refractivity contribution in [1.29, 1.82) is 0 Å². The zero-order valence-electron chi connectivity index (χ0n) is 16.9. The van der Waals surface area contributed by atoms with Crippen LogP contribution in [0.1, 0.15) is 28.7 Å². The maximum atomic E-state index is 12.8. The van der Waals surface area contributed by atoms with E-state index in [0.717, 1.165) is 0 Å². The number of hydrogen-bond donors (Lipinski definition) is 1. The second-order valence-corrected chi connectivity index (χ2v) is 7.46. The first-order valence-corrected chi connectivity index (χ1v) is 9.94. The van der Waals surface area contributed by atoms with E-state index in [1.165, 1.54) is 30.0 Å². The van der Waals surface area contributed by atoms with Gasteiger partial charge >= 0.3 is 11.8 Å².